The van der Waals surface area contributed by atoms with Crippen LogP contribution in [0.15, 0.2) is 23.8 Å². The molecule has 8 heteroatoms. The van der Waals surface area contributed by atoms with Crippen LogP contribution in [-0.2, 0) is 14.4 Å². The monoisotopic (exact) mass is 488 g/mol. The quantitative estimate of drug-likeness (QED) is 0.540. The zero-order chi connectivity index (χ0) is 25.4. The highest BCUT2D eigenvalue weighted by atomic mass is 35.5. The molecule has 0 spiro atoms. The maximum Gasteiger partial charge on any atom is 0.303 e. The number of halogens is 3. The number of ketones is 2. The maximum atomic E-state index is 16.6. The molecule has 2 saturated carbocycles. The Labute approximate surface area is 199 Å². The van der Waals surface area contributed by atoms with Crippen LogP contribution < -0.4 is 0 Å². The first-order valence-electron chi connectivity index (χ1n) is 11.4. The molecule has 3 rings (SSSR count). The minimum absolute atomic E-state index is 0.0141. The molecule has 0 aromatic rings. The van der Waals surface area contributed by atoms with Gasteiger partial charge in [-0.15, -0.1) is 11.6 Å². The van der Waals surface area contributed by atoms with Crippen molar-refractivity contribution in [3.05, 3.63) is 23.8 Å². The van der Waals surface area contributed by atoms with E-state index >= 15 is 4.39 Å². The number of carbonyl (C=O) groups excluding carboxylic acids is 2. The summed E-state index contributed by atoms with van der Waals surface area (Å²) in [5.74, 6) is -1.69. The Morgan fingerprint density at radius 1 is 1.30 bits per heavy atom. The minimum atomic E-state index is -2.13. The second-order valence-electron chi connectivity index (χ2n) is 10.2. The van der Waals surface area contributed by atoms with Crippen molar-refractivity contribution in [1.29, 1.82) is 0 Å². The zero-order valence-electron chi connectivity index (χ0n) is 19.9. The van der Waals surface area contributed by atoms with Gasteiger partial charge in [0.05, 0.1) is 12.0 Å². The van der Waals surface area contributed by atoms with Gasteiger partial charge in [-0.1, -0.05) is 26.8 Å². The smallest absolute Gasteiger partial charge is 0.303 e. The summed E-state index contributed by atoms with van der Waals surface area (Å²) in [5, 5.41) is 18.7. The van der Waals surface area contributed by atoms with Crippen molar-refractivity contribution in [1.82, 2.24) is 0 Å². The third-order valence-corrected chi connectivity index (χ3v) is 8.39. The Morgan fingerprint density at radius 2 is 1.88 bits per heavy atom. The Hall–Kier alpha value is -1.60. The first-order chi connectivity index (χ1) is 15.2. The number of aliphatic hydroxyl groups excluding tert-OH is 1. The second kappa shape index (κ2) is 9.95. The fraction of sp³-hybridized carbons (Fsp3) is 0.720. The van der Waals surface area contributed by atoms with E-state index in [1.165, 1.54) is 19.1 Å². The van der Waals surface area contributed by atoms with E-state index < -0.39 is 34.7 Å². The van der Waals surface area contributed by atoms with Gasteiger partial charge in [0, 0.05) is 17.8 Å². The molecule has 0 amide bonds. The molecule has 0 aromatic carbocycles. The van der Waals surface area contributed by atoms with Crippen molar-refractivity contribution in [2.75, 3.05) is 5.88 Å². The molecule has 0 saturated heterocycles. The van der Waals surface area contributed by atoms with Gasteiger partial charge in [-0.2, -0.15) is 0 Å². The van der Waals surface area contributed by atoms with Crippen LogP contribution in [0.1, 0.15) is 60.3 Å². The fourth-order valence-electron chi connectivity index (χ4n) is 6.37. The summed E-state index contributed by atoms with van der Waals surface area (Å²) in [6, 6.07) is 0. The number of aliphatic hydroxyl groups is 1. The van der Waals surface area contributed by atoms with Gasteiger partial charge in [-0.3, -0.25) is 14.4 Å². The van der Waals surface area contributed by atoms with E-state index in [-0.39, 0.29) is 60.0 Å². The fourth-order valence-corrected chi connectivity index (χ4v) is 6.54. The number of rotatable bonds is 5. The Morgan fingerprint density at radius 3 is 2.36 bits per heavy atom. The molecule has 3 aliphatic rings. The second-order valence-corrected chi connectivity index (χ2v) is 10.4. The first kappa shape index (κ1) is 27.6. The van der Waals surface area contributed by atoms with Gasteiger partial charge in [0.1, 0.15) is 11.8 Å². The van der Waals surface area contributed by atoms with Gasteiger partial charge in [-0.25, -0.2) is 8.78 Å². The predicted molar refractivity (Wildman–Crippen MR) is 123 cm³/mol. The molecule has 8 atom stereocenters. The lowest BCUT2D eigenvalue weighted by molar-refractivity contribution is -0.152. The Kier molecular flexibility index (Phi) is 8.33. The van der Waals surface area contributed by atoms with Crippen molar-refractivity contribution in [3.63, 3.8) is 0 Å². The number of carboxylic acid groups (broad SMARTS) is 1. The summed E-state index contributed by atoms with van der Waals surface area (Å²) in [4.78, 5) is 33.6. The molecule has 186 valence electrons. The molecule has 0 bridgehead atoms. The lowest BCUT2D eigenvalue weighted by Crippen LogP contribution is -2.60. The minimum Gasteiger partial charge on any atom is -0.481 e. The third-order valence-electron chi connectivity index (χ3n) is 8.12. The highest BCUT2D eigenvalue weighted by Gasteiger charge is 2.66. The number of hydrogen-bond donors (Lipinski definition) is 2. The Balaban J connectivity index is 0.000000696. The molecule has 6 unspecified atom stereocenters. The highest BCUT2D eigenvalue weighted by molar-refractivity contribution is 6.28. The van der Waals surface area contributed by atoms with Crippen LogP contribution in [0, 0.1) is 28.6 Å². The number of aliphatic carboxylic acids is 1. The summed E-state index contributed by atoms with van der Waals surface area (Å²) in [6.07, 6.45) is 1.93. The summed E-state index contributed by atoms with van der Waals surface area (Å²) in [6.45, 7) is 8.36. The number of Topliss-reactive ketones (excluding diaryl/α,β-unsaturated/α-hetero) is 1. The van der Waals surface area contributed by atoms with Gasteiger partial charge in [0.15, 0.2) is 11.6 Å². The Bertz CT molecular complexity index is 856. The molecular weight excluding hydrogens is 454 g/mol. The van der Waals surface area contributed by atoms with E-state index in [4.69, 9.17) is 16.7 Å². The summed E-state index contributed by atoms with van der Waals surface area (Å²) in [5.41, 5.74) is -4.03. The number of allylic oxidation sites excluding steroid dienone is 4. The van der Waals surface area contributed by atoms with Crippen molar-refractivity contribution in [3.8, 4) is 0 Å². The van der Waals surface area contributed by atoms with Gasteiger partial charge in [-0.05, 0) is 68.1 Å². The molecule has 2 N–H and O–H groups in total. The topological polar surface area (TPSA) is 91.7 Å². The maximum absolute atomic E-state index is 16.6. The van der Waals surface area contributed by atoms with E-state index in [1.807, 2.05) is 13.8 Å². The van der Waals surface area contributed by atoms with Crippen LogP contribution in [-0.4, -0.2) is 51.6 Å². The highest BCUT2D eigenvalue weighted by Crippen LogP contribution is 2.64. The average Bonchev–Trinajstić information content (AvgIpc) is 2.98. The molecule has 3 aliphatic carbocycles. The molecule has 5 nitrogen and oxygen atoms in total. The molecule has 0 heterocycles. The molecule has 33 heavy (non-hydrogen) atoms. The largest absolute Gasteiger partial charge is 0.481 e. The summed E-state index contributed by atoms with van der Waals surface area (Å²) in [7, 11) is 0. The molecule has 0 aliphatic heterocycles. The lowest BCUT2D eigenvalue weighted by Gasteiger charge is -2.55. The van der Waals surface area contributed by atoms with Crippen molar-refractivity contribution < 1.29 is 33.4 Å². The third kappa shape index (κ3) is 4.81. The van der Waals surface area contributed by atoms with E-state index in [9.17, 15) is 23.9 Å². The van der Waals surface area contributed by atoms with Gasteiger partial charge in [0.2, 0.25) is 0 Å². The van der Waals surface area contributed by atoms with E-state index in [1.54, 1.807) is 13.8 Å². The molecule has 0 radical (unpaired) electrons. The van der Waals surface area contributed by atoms with Gasteiger partial charge in [0.25, 0.3) is 0 Å². The van der Waals surface area contributed by atoms with E-state index in [0.717, 1.165) is 6.08 Å². The summed E-state index contributed by atoms with van der Waals surface area (Å²) >= 11 is 5.82. The number of hydrogen-bond acceptors (Lipinski definition) is 4. The lowest BCUT2D eigenvalue weighted by atomic mass is 9.52. The van der Waals surface area contributed by atoms with Crippen LogP contribution in [0.3, 0.4) is 0 Å². The van der Waals surface area contributed by atoms with Crippen LogP contribution >= 0.6 is 11.6 Å². The van der Waals surface area contributed by atoms with Crippen molar-refractivity contribution >= 4 is 29.1 Å². The number of carboxylic acids is 1. The first-order valence-corrected chi connectivity index (χ1v) is 12.0. The van der Waals surface area contributed by atoms with E-state index in [0.29, 0.717) is 6.42 Å². The number of fused-ring (bicyclic) bond motifs is 1. The molecule has 2 fully saturated rings. The number of carbonyl (C=O) groups is 3. The van der Waals surface area contributed by atoms with Crippen LogP contribution in [0.4, 0.5) is 8.78 Å². The molecule has 0 aromatic heterocycles. The van der Waals surface area contributed by atoms with Crippen LogP contribution in [0.5, 0.6) is 0 Å². The SMILES string of the molecule is CC1CC2C[C@@](F)(C3(C)C=CC(=O)C=C3[C@H](C)F)C(O)CC2(C)C1C(=O)CCl.CCC(=O)O. The normalized spacial score (nSPS) is 40.9. The molecular formula is C25H35ClF2O5. The van der Waals surface area contributed by atoms with Crippen LogP contribution in [0.2, 0.25) is 0 Å². The number of alkyl halides is 3. The standard InChI is InChI=1S/C22H29ClF2O3.C3H6O2/c1-12-7-14-9-22(25,18(28)10-20(14,3)19(12)17(27)11-23)21(4)6-5-15(26)8-16(21)13(2)24;1-2-3(4)5/h5-6,8,12-14,18-19,28H,7,9-11H2,1-4H3;2H2,1H3,(H,4,5)/t12?,13-,14?,18?,19?,20?,21?,22-;/m0./s1. The zero-order valence-corrected chi connectivity index (χ0v) is 20.7. The average molecular weight is 489 g/mol. The van der Waals surface area contributed by atoms with Crippen molar-refractivity contribution in [2.24, 2.45) is 28.6 Å². The van der Waals surface area contributed by atoms with Gasteiger partial charge < -0.3 is 10.2 Å². The predicted octanol–water partition coefficient (Wildman–Crippen LogP) is 4.85. The van der Waals surface area contributed by atoms with Crippen molar-refractivity contribution in [2.45, 2.75) is 78.2 Å². The van der Waals surface area contributed by atoms with Gasteiger partial charge >= 0.3 is 5.97 Å². The summed E-state index contributed by atoms with van der Waals surface area (Å²) < 4.78 is 31.0. The van der Waals surface area contributed by atoms with Crippen LogP contribution in [0.25, 0.3) is 0 Å². The van der Waals surface area contributed by atoms with E-state index in [2.05, 4.69) is 0 Å².